The summed E-state index contributed by atoms with van der Waals surface area (Å²) in [5, 5.41) is 11.1. The van der Waals surface area contributed by atoms with Gasteiger partial charge in [0.05, 0.1) is 15.2 Å². The van der Waals surface area contributed by atoms with Crippen molar-refractivity contribution in [2.45, 2.75) is 35.8 Å². The topological polar surface area (TPSA) is 83.5 Å². The van der Waals surface area contributed by atoms with Crippen molar-refractivity contribution in [1.29, 1.82) is 0 Å². The van der Waals surface area contributed by atoms with Crippen molar-refractivity contribution < 1.29 is 31.5 Å². The molecule has 2 fully saturated rings. The molecule has 2 unspecified atom stereocenters. The SMILES string of the molecule is O=C(Nc1cc(F)c(F)c(F)c1)c1ccc(Cl)c(S(=O)(=O)C2C3CCC2CC(CO)C3)c1. The molecule has 0 aliphatic heterocycles. The molecular weight excluding hydrogens is 467 g/mol. The maximum Gasteiger partial charge on any atom is 0.255 e. The monoisotopic (exact) mass is 487 g/mol. The van der Waals surface area contributed by atoms with Gasteiger partial charge in [0, 0.05) is 30.0 Å². The van der Waals surface area contributed by atoms with Gasteiger partial charge in [-0.05, 0) is 61.6 Å². The van der Waals surface area contributed by atoms with Crippen LogP contribution in [0.25, 0.3) is 0 Å². The van der Waals surface area contributed by atoms with Crippen LogP contribution in [-0.2, 0) is 9.84 Å². The summed E-state index contributed by atoms with van der Waals surface area (Å²) >= 11 is 6.20. The van der Waals surface area contributed by atoms with E-state index >= 15 is 0 Å². The number of anilines is 1. The van der Waals surface area contributed by atoms with Crippen LogP contribution in [0.15, 0.2) is 35.2 Å². The maximum atomic E-state index is 13.5. The third-order valence-electron chi connectivity index (χ3n) is 6.47. The molecule has 2 aromatic rings. The van der Waals surface area contributed by atoms with Crippen molar-refractivity contribution in [3.63, 3.8) is 0 Å². The number of carbonyl (C=O) groups is 1. The van der Waals surface area contributed by atoms with Crippen molar-refractivity contribution >= 4 is 33.0 Å². The molecule has 2 N–H and O–H groups in total. The molecule has 2 aromatic carbocycles. The van der Waals surface area contributed by atoms with Gasteiger partial charge in [0.15, 0.2) is 27.3 Å². The van der Waals surface area contributed by atoms with Gasteiger partial charge in [-0.2, -0.15) is 0 Å². The Morgan fingerprint density at radius 3 is 2.22 bits per heavy atom. The number of aliphatic hydroxyl groups is 1. The van der Waals surface area contributed by atoms with Crippen molar-refractivity contribution in [3.05, 3.63) is 58.4 Å². The maximum absolute atomic E-state index is 13.5. The van der Waals surface area contributed by atoms with Crippen molar-refractivity contribution in [2.24, 2.45) is 17.8 Å². The Morgan fingerprint density at radius 2 is 1.66 bits per heavy atom. The van der Waals surface area contributed by atoms with Gasteiger partial charge in [-0.1, -0.05) is 11.6 Å². The summed E-state index contributed by atoms with van der Waals surface area (Å²) in [6.45, 7) is 0.0285. The van der Waals surface area contributed by atoms with Gasteiger partial charge in [-0.25, -0.2) is 21.6 Å². The molecule has 1 amide bonds. The van der Waals surface area contributed by atoms with Gasteiger partial charge in [-0.15, -0.1) is 0 Å². The molecule has 2 saturated carbocycles. The number of halogens is 4. The van der Waals surface area contributed by atoms with E-state index in [0.717, 1.165) is 18.9 Å². The highest BCUT2D eigenvalue weighted by Crippen LogP contribution is 2.50. The van der Waals surface area contributed by atoms with Crippen molar-refractivity contribution in [2.75, 3.05) is 11.9 Å². The van der Waals surface area contributed by atoms with Crippen LogP contribution in [0.3, 0.4) is 0 Å². The molecule has 5 nitrogen and oxygen atoms in total. The van der Waals surface area contributed by atoms with Gasteiger partial charge in [0.25, 0.3) is 5.91 Å². The van der Waals surface area contributed by atoms with Crippen molar-refractivity contribution in [3.8, 4) is 0 Å². The van der Waals surface area contributed by atoms with Crippen LogP contribution >= 0.6 is 11.6 Å². The minimum atomic E-state index is -3.87. The number of aliphatic hydroxyl groups excluding tert-OH is 1. The Bertz CT molecular complexity index is 1140. The number of fused-ring (bicyclic) bond motifs is 2. The van der Waals surface area contributed by atoms with Crippen LogP contribution in [0.4, 0.5) is 18.9 Å². The molecule has 32 heavy (non-hydrogen) atoms. The van der Waals surface area contributed by atoms with Crippen LogP contribution in [-0.4, -0.2) is 31.3 Å². The highest BCUT2D eigenvalue weighted by molar-refractivity contribution is 7.92. The normalized spacial score (nSPS) is 25.0. The lowest BCUT2D eigenvalue weighted by Gasteiger charge is -2.34. The summed E-state index contributed by atoms with van der Waals surface area (Å²) in [4.78, 5) is 12.4. The summed E-state index contributed by atoms with van der Waals surface area (Å²) in [6, 6.07) is 4.99. The minimum absolute atomic E-state index is 0.0240. The van der Waals surface area contributed by atoms with E-state index in [4.69, 9.17) is 11.6 Å². The van der Waals surface area contributed by atoms with Gasteiger partial charge < -0.3 is 10.4 Å². The molecule has 2 atom stereocenters. The summed E-state index contributed by atoms with van der Waals surface area (Å²) in [5.41, 5.74) is -0.388. The van der Waals surface area contributed by atoms with E-state index in [1.807, 2.05) is 0 Å². The molecule has 172 valence electrons. The fraction of sp³-hybridized carbons (Fsp3) is 0.409. The molecule has 10 heteroatoms. The van der Waals surface area contributed by atoms with E-state index in [1.165, 1.54) is 12.1 Å². The van der Waals surface area contributed by atoms with E-state index < -0.39 is 38.4 Å². The van der Waals surface area contributed by atoms with Crippen LogP contribution in [0, 0.1) is 35.2 Å². The molecule has 0 heterocycles. The summed E-state index contributed by atoms with van der Waals surface area (Å²) in [7, 11) is -3.87. The lowest BCUT2D eigenvalue weighted by Crippen LogP contribution is -2.38. The number of amides is 1. The van der Waals surface area contributed by atoms with Gasteiger partial charge in [0.2, 0.25) is 0 Å². The molecule has 2 bridgehead atoms. The molecular formula is C22H21ClF3NO4S. The second-order valence-electron chi connectivity index (χ2n) is 8.48. The van der Waals surface area contributed by atoms with Gasteiger partial charge in [-0.3, -0.25) is 4.79 Å². The largest absolute Gasteiger partial charge is 0.396 e. The zero-order chi connectivity index (χ0) is 23.2. The van der Waals surface area contributed by atoms with E-state index in [1.54, 1.807) is 0 Å². The number of sulfone groups is 1. The van der Waals surface area contributed by atoms with E-state index in [9.17, 15) is 31.5 Å². The van der Waals surface area contributed by atoms with E-state index in [2.05, 4.69) is 5.32 Å². The van der Waals surface area contributed by atoms with Gasteiger partial charge in [0.1, 0.15) is 0 Å². The first-order chi connectivity index (χ1) is 15.1. The van der Waals surface area contributed by atoms with Crippen LogP contribution in [0.5, 0.6) is 0 Å². The molecule has 4 rings (SSSR count). The number of rotatable bonds is 5. The average molecular weight is 488 g/mol. The second-order valence-corrected chi connectivity index (χ2v) is 11.0. The smallest absolute Gasteiger partial charge is 0.255 e. The van der Waals surface area contributed by atoms with Crippen molar-refractivity contribution in [1.82, 2.24) is 0 Å². The fourth-order valence-corrected chi connectivity index (χ4v) is 7.97. The number of benzene rings is 2. The standard InChI is InChI=1S/C22H21ClF3NO4S/c23-16-4-3-14(22(29)27-15-8-17(24)20(26)18(25)9-15)7-19(16)32(30,31)21-12-1-2-13(21)6-11(5-12)10-28/h3-4,7-9,11-13,21,28H,1-2,5-6,10H2,(H,27,29). The molecule has 0 radical (unpaired) electrons. The molecule has 0 aromatic heterocycles. The molecule has 0 saturated heterocycles. The Hall–Kier alpha value is -2.10. The molecule has 0 spiro atoms. The lowest BCUT2D eigenvalue weighted by atomic mass is 9.81. The third kappa shape index (κ3) is 4.13. The van der Waals surface area contributed by atoms with Gasteiger partial charge >= 0.3 is 0 Å². The first-order valence-corrected chi connectivity index (χ1v) is 12.1. The number of nitrogens with one attached hydrogen (secondary N) is 1. The Morgan fingerprint density at radius 1 is 1.06 bits per heavy atom. The predicted octanol–water partition coefficient (Wildman–Crippen LogP) is 4.58. The number of hydrogen-bond donors (Lipinski definition) is 2. The lowest BCUT2D eigenvalue weighted by molar-refractivity contribution is 0.102. The first-order valence-electron chi connectivity index (χ1n) is 10.2. The Labute approximate surface area is 188 Å². The average Bonchev–Trinajstić information content (AvgIpc) is 3.03. The quantitative estimate of drug-likeness (QED) is 0.605. The van der Waals surface area contributed by atoms with Crippen LogP contribution in [0.2, 0.25) is 5.02 Å². The number of carbonyl (C=O) groups excluding carboxylic acids is 1. The summed E-state index contributed by atoms with van der Waals surface area (Å²) in [5.74, 6) is -5.50. The minimum Gasteiger partial charge on any atom is -0.396 e. The van der Waals surface area contributed by atoms with Crippen LogP contribution in [0.1, 0.15) is 36.0 Å². The molecule has 2 aliphatic carbocycles. The zero-order valence-electron chi connectivity index (χ0n) is 16.8. The first kappa shape index (κ1) is 23.1. The summed E-state index contributed by atoms with van der Waals surface area (Å²) < 4.78 is 67.0. The molecule has 2 aliphatic rings. The predicted molar refractivity (Wildman–Crippen MR) is 113 cm³/mol. The fourth-order valence-electron chi connectivity index (χ4n) is 5.09. The van der Waals surface area contributed by atoms with Crippen LogP contribution < -0.4 is 5.32 Å². The number of hydrogen-bond acceptors (Lipinski definition) is 4. The van der Waals surface area contributed by atoms with E-state index in [0.29, 0.717) is 25.0 Å². The Kier molecular flexibility index (Phi) is 6.26. The van der Waals surface area contributed by atoms with E-state index in [-0.39, 0.29) is 45.5 Å². The Balaban J connectivity index is 1.62. The second kappa shape index (κ2) is 8.68. The highest BCUT2D eigenvalue weighted by atomic mass is 35.5. The zero-order valence-corrected chi connectivity index (χ0v) is 18.4. The highest BCUT2D eigenvalue weighted by Gasteiger charge is 2.49. The third-order valence-corrected chi connectivity index (χ3v) is 9.35. The summed E-state index contributed by atoms with van der Waals surface area (Å²) in [6.07, 6.45) is 2.75.